The molecule has 1 saturated heterocycles. The first-order chi connectivity index (χ1) is 10.2. The number of hydrogen-bond acceptors (Lipinski definition) is 5. The predicted octanol–water partition coefficient (Wildman–Crippen LogP) is 2.72. The maximum absolute atomic E-state index is 6.03. The number of rotatable bonds is 4. The topological polar surface area (TPSA) is 66.6 Å². The number of nitrogens with two attached hydrogens (primary N) is 1. The van der Waals surface area contributed by atoms with E-state index in [1.807, 2.05) is 33.8 Å². The predicted molar refractivity (Wildman–Crippen MR) is 88.9 cm³/mol. The summed E-state index contributed by atoms with van der Waals surface area (Å²) >= 11 is 6.01. The lowest BCUT2D eigenvalue weighted by molar-refractivity contribution is 0.00578. The van der Waals surface area contributed by atoms with Gasteiger partial charge in [0.2, 0.25) is 5.88 Å². The van der Waals surface area contributed by atoms with Crippen molar-refractivity contribution in [3.8, 4) is 5.88 Å². The maximum Gasteiger partial charge on any atom is 0.491 e. The Morgan fingerprint density at radius 1 is 1.36 bits per heavy atom. The lowest BCUT2D eigenvalue weighted by atomic mass is 9.77. The number of aromatic nitrogens is 1. The fourth-order valence-corrected chi connectivity index (χ4v) is 2.30. The summed E-state index contributed by atoms with van der Waals surface area (Å²) in [7, 11) is 1.06. The minimum absolute atomic E-state index is 0.298. The molecule has 0 aromatic carbocycles. The summed E-state index contributed by atoms with van der Waals surface area (Å²) in [5.74, 6) is 0.479. The van der Waals surface area contributed by atoms with Gasteiger partial charge in [0.15, 0.2) is 0 Å². The second-order valence-electron chi connectivity index (χ2n) is 6.26. The van der Waals surface area contributed by atoms with Crippen LogP contribution in [0.3, 0.4) is 0 Å². The van der Waals surface area contributed by atoms with Crippen LogP contribution in [-0.2, 0) is 9.31 Å². The van der Waals surface area contributed by atoms with Gasteiger partial charge in [-0.25, -0.2) is 4.98 Å². The fourth-order valence-electron chi connectivity index (χ4n) is 2.13. The second kappa shape index (κ2) is 6.20. The molecule has 120 valence electrons. The van der Waals surface area contributed by atoms with Crippen LogP contribution in [0, 0.1) is 0 Å². The van der Waals surface area contributed by atoms with E-state index in [2.05, 4.69) is 4.98 Å². The Bertz CT molecular complexity index is 574. The van der Waals surface area contributed by atoms with Crippen LogP contribution in [0.25, 0.3) is 6.08 Å². The molecule has 1 aromatic rings. The number of methoxy groups -OCH3 is 1. The smallest absolute Gasteiger partial charge is 0.481 e. The molecule has 0 aliphatic carbocycles. The molecular weight excluding hydrogens is 302 g/mol. The van der Waals surface area contributed by atoms with Crippen molar-refractivity contribution < 1.29 is 14.0 Å². The van der Waals surface area contributed by atoms with Gasteiger partial charge in [0, 0.05) is 18.3 Å². The van der Waals surface area contributed by atoms with Gasteiger partial charge in [-0.3, -0.25) is 0 Å². The summed E-state index contributed by atoms with van der Waals surface area (Å²) in [5.41, 5.74) is 6.60. The van der Waals surface area contributed by atoms with Crippen molar-refractivity contribution in [2.24, 2.45) is 5.73 Å². The second-order valence-corrected chi connectivity index (χ2v) is 6.70. The van der Waals surface area contributed by atoms with E-state index in [1.54, 1.807) is 13.2 Å². The number of nitrogens with zero attached hydrogens (tertiary/aromatic N) is 1. The van der Waals surface area contributed by atoms with Crippen molar-refractivity contribution in [1.82, 2.24) is 4.98 Å². The SMILES string of the molecule is COc1ncc(Cl)cc1C=C(CN)B1OC(C)(C)C(C)(C)O1. The van der Waals surface area contributed by atoms with Crippen LogP contribution >= 0.6 is 11.6 Å². The first kappa shape index (κ1) is 17.3. The average Bonchev–Trinajstić information content (AvgIpc) is 2.64. The van der Waals surface area contributed by atoms with Gasteiger partial charge >= 0.3 is 7.12 Å². The summed E-state index contributed by atoms with van der Waals surface area (Å²) in [4.78, 5) is 4.15. The van der Waals surface area contributed by atoms with Crippen LogP contribution in [0.5, 0.6) is 5.88 Å². The monoisotopic (exact) mass is 324 g/mol. The van der Waals surface area contributed by atoms with E-state index in [-0.39, 0.29) is 0 Å². The van der Waals surface area contributed by atoms with Gasteiger partial charge in [0.1, 0.15) is 0 Å². The Labute approximate surface area is 136 Å². The van der Waals surface area contributed by atoms with Gasteiger partial charge in [-0.15, -0.1) is 0 Å². The summed E-state index contributed by atoms with van der Waals surface area (Å²) in [6, 6.07) is 1.77. The lowest BCUT2D eigenvalue weighted by Crippen LogP contribution is -2.41. The first-order valence-corrected chi connectivity index (χ1v) is 7.53. The molecule has 0 atom stereocenters. The number of pyridine rings is 1. The Hall–Kier alpha value is -1.08. The molecular formula is C15H22BClN2O3. The van der Waals surface area contributed by atoms with E-state index in [4.69, 9.17) is 31.4 Å². The van der Waals surface area contributed by atoms with Crippen LogP contribution in [0.4, 0.5) is 0 Å². The third-order valence-corrected chi connectivity index (χ3v) is 4.38. The Morgan fingerprint density at radius 3 is 2.45 bits per heavy atom. The third kappa shape index (κ3) is 3.30. The minimum atomic E-state index is -0.501. The molecule has 0 spiro atoms. The Balaban J connectivity index is 2.35. The highest BCUT2D eigenvalue weighted by molar-refractivity contribution is 6.56. The number of halogens is 1. The molecule has 1 fully saturated rings. The Kier molecular flexibility index (Phi) is 4.87. The molecule has 5 nitrogen and oxygen atoms in total. The molecule has 1 aliphatic rings. The average molecular weight is 325 g/mol. The van der Waals surface area contributed by atoms with E-state index >= 15 is 0 Å². The van der Waals surface area contributed by atoms with Gasteiger partial charge in [0.25, 0.3) is 0 Å². The van der Waals surface area contributed by atoms with Crippen LogP contribution in [0.2, 0.25) is 5.02 Å². The molecule has 0 unspecified atom stereocenters. The van der Waals surface area contributed by atoms with Crippen molar-refractivity contribution >= 4 is 24.8 Å². The van der Waals surface area contributed by atoms with E-state index in [1.165, 1.54) is 6.20 Å². The van der Waals surface area contributed by atoms with E-state index in [0.29, 0.717) is 17.4 Å². The van der Waals surface area contributed by atoms with Gasteiger partial charge < -0.3 is 19.8 Å². The number of hydrogen-bond donors (Lipinski definition) is 1. The Morgan fingerprint density at radius 2 is 1.95 bits per heavy atom. The molecule has 1 aliphatic heterocycles. The maximum atomic E-state index is 6.03. The van der Waals surface area contributed by atoms with Crippen LogP contribution in [-0.4, -0.2) is 37.0 Å². The first-order valence-electron chi connectivity index (χ1n) is 7.16. The highest BCUT2D eigenvalue weighted by atomic mass is 35.5. The largest absolute Gasteiger partial charge is 0.491 e. The van der Waals surface area contributed by atoms with Crippen molar-refractivity contribution in [3.63, 3.8) is 0 Å². The summed E-state index contributed by atoms with van der Waals surface area (Å²) in [5, 5.41) is 0.525. The van der Waals surface area contributed by atoms with Crippen molar-refractivity contribution in [2.75, 3.05) is 13.7 Å². The van der Waals surface area contributed by atoms with E-state index in [9.17, 15) is 0 Å². The molecule has 0 bridgehead atoms. The van der Waals surface area contributed by atoms with Crippen molar-refractivity contribution in [3.05, 3.63) is 28.3 Å². The summed E-state index contributed by atoms with van der Waals surface area (Å²) < 4.78 is 17.3. The number of ether oxygens (including phenoxy) is 1. The van der Waals surface area contributed by atoms with Crippen LogP contribution < -0.4 is 10.5 Å². The molecule has 7 heteroatoms. The van der Waals surface area contributed by atoms with Crippen LogP contribution in [0.1, 0.15) is 33.3 Å². The molecule has 2 N–H and O–H groups in total. The molecule has 0 saturated carbocycles. The zero-order chi connectivity index (χ0) is 16.5. The van der Waals surface area contributed by atoms with E-state index in [0.717, 1.165) is 11.0 Å². The molecule has 0 amide bonds. The van der Waals surface area contributed by atoms with Gasteiger partial charge in [-0.2, -0.15) is 0 Å². The van der Waals surface area contributed by atoms with Gasteiger partial charge in [-0.05, 0) is 39.2 Å². The highest BCUT2D eigenvalue weighted by Crippen LogP contribution is 2.39. The summed E-state index contributed by atoms with van der Waals surface area (Å²) in [6.07, 6.45) is 3.40. The van der Waals surface area contributed by atoms with Crippen molar-refractivity contribution in [1.29, 1.82) is 0 Å². The molecule has 0 radical (unpaired) electrons. The van der Waals surface area contributed by atoms with Crippen molar-refractivity contribution in [2.45, 2.75) is 38.9 Å². The van der Waals surface area contributed by atoms with Crippen LogP contribution in [0.15, 0.2) is 17.7 Å². The quantitative estimate of drug-likeness (QED) is 0.863. The molecule has 1 aromatic heterocycles. The fraction of sp³-hybridized carbons (Fsp3) is 0.533. The molecule has 2 rings (SSSR count). The third-order valence-electron chi connectivity index (χ3n) is 4.17. The zero-order valence-electron chi connectivity index (χ0n) is 13.6. The zero-order valence-corrected chi connectivity index (χ0v) is 14.4. The van der Waals surface area contributed by atoms with E-state index < -0.39 is 18.3 Å². The van der Waals surface area contributed by atoms with Gasteiger partial charge in [0.05, 0.1) is 23.3 Å². The molecule has 22 heavy (non-hydrogen) atoms. The normalized spacial score (nSPS) is 20.3. The lowest BCUT2D eigenvalue weighted by Gasteiger charge is -2.32. The summed E-state index contributed by atoms with van der Waals surface area (Å²) in [6.45, 7) is 8.31. The molecule has 2 heterocycles. The highest BCUT2D eigenvalue weighted by Gasteiger charge is 2.52. The van der Waals surface area contributed by atoms with Gasteiger partial charge in [-0.1, -0.05) is 17.7 Å². The minimum Gasteiger partial charge on any atom is -0.481 e. The standard InChI is InChI=1S/C15H22BClN2O3/c1-14(2)15(3,4)22-16(21-14)11(8-18)6-10-7-12(17)9-19-13(10)20-5/h6-7,9H,8,18H2,1-5H3.